The second-order valence-electron chi connectivity index (χ2n) is 12.1. The van der Waals surface area contributed by atoms with Gasteiger partial charge in [-0.3, -0.25) is 0 Å². The Balaban J connectivity index is 1.32. The number of pyridine rings is 1. The number of ether oxygens (including phenoxy) is 1. The van der Waals surface area contributed by atoms with Crippen LogP contribution < -0.4 is 9.64 Å². The Morgan fingerprint density at radius 3 is 2.55 bits per heavy atom. The molecular formula is C34H32N4OPt-2. The summed E-state index contributed by atoms with van der Waals surface area (Å²) in [4.78, 5) is 7.02. The van der Waals surface area contributed by atoms with Gasteiger partial charge >= 0.3 is 223 Å². The average molecular weight is 708 g/mol. The van der Waals surface area contributed by atoms with Crippen LogP contribution in [0.15, 0.2) is 66.9 Å². The van der Waals surface area contributed by atoms with Crippen molar-refractivity contribution in [2.24, 2.45) is 13.0 Å². The van der Waals surface area contributed by atoms with E-state index in [4.69, 9.17) is 9.72 Å². The van der Waals surface area contributed by atoms with Gasteiger partial charge in [0, 0.05) is 6.20 Å². The minimum absolute atomic E-state index is 0.0626. The Labute approximate surface area is 246 Å². The fourth-order valence-corrected chi connectivity index (χ4v) is 6.66. The van der Waals surface area contributed by atoms with Crippen LogP contribution in [-0.4, -0.2) is 20.7 Å². The molecule has 0 bridgehead atoms. The predicted octanol–water partition coefficient (Wildman–Crippen LogP) is 7.70. The quantitative estimate of drug-likeness (QED) is 0.180. The fourth-order valence-electron chi connectivity index (χ4n) is 5.84. The van der Waals surface area contributed by atoms with Crippen LogP contribution in [0.2, 0.25) is 0 Å². The van der Waals surface area contributed by atoms with E-state index in [-0.39, 0.29) is 5.41 Å². The molecule has 0 spiro atoms. The van der Waals surface area contributed by atoms with E-state index in [9.17, 15) is 0 Å². The first-order chi connectivity index (χ1) is 19.2. The SMILES string of the molecule is Cc1ccnc(N2CC3CC3c3ccc(Oc4[c-]c(-n5[c](=[Pt])n(C)c6ccccc65)cc(C(C)(C)C)c4)[c-]c32)c1. The number of hydrogen-bond donors (Lipinski definition) is 0. The maximum absolute atomic E-state index is 6.58. The Hall–Kier alpha value is -3.43. The van der Waals surface area contributed by atoms with E-state index in [1.165, 1.54) is 28.6 Å². The summed E-state index contributed by atoms with van der Waals surface area (Å²) >= 11 is 2.40. The molecule has 1 aliphatic carbocycles. The molecule has 7 rings (SSSR count). The third-order valence-electron chi connectivity index (χ3n) is 8.18. The summed E-state index contributed by atoms with van der Waals surface area (Å²) in [7, 11) is 2.10. The number of fused-ring (bicyclic) bond motifs is 4. The van der Waals surface area contributed by atoms with Crippen molar-refractivity contribution < 1.29 is 24.1 Å². The summed E-state index contributed by atoms with van der Waals surface area (Å²) in [6.45, 7) is 9.79. The minimum atomic E-state index is -0.0626. The van der Waals surface area contributed by atoms with Crippen molar-refractivity contribution in [3.05, 3.63) is 99.5 Å². The number of benzene rings is 3. The van der Waals surface area contributed by atoms with Crippen LogP contribution in [0, 0.1) is 28.8 Å². The average Bonchev–Trinajstić information content (AvgIpc) is 3.67. The van der Waals surface area contributed by atoms with Crippen LogP contribution >= 0.6 is 0 Å². The van der Waals surface area contributed by atoms with Crippen molar-refractivity contribution in [3.63, 3.8) is 0 Å². The number of imidazole rings is 1. The molecule has 0 N–H and O–H groups in total. The van der Waals surface area contributed by atoms with Crippen molar-refractivity contribution in [3.8, 4) is 17.2 Å². The summed E-state index contributed by atoms with van der Waals surface area (Å²) in [5.41, 5.74) is 8.05. The molecule has 2 atom stereocenters. The van der Waals surface area contributed by atoms with E-state index in [0.717, 1.165) is 33.1 Å². The van der Waals surface area contributed by atoms with Crippen molar-refractivity contribution in [1.82, 2.24) is 14.1 Å². The van der Waals surface area contributed by atoms with E-state index in [1.807, 2.05) is 12.3 Å². The summed E-state index contributed by atoms with van der Waals surface area (Å²) in [6.07, 6.45) is 3.12. The van der Waals surface area contributed by atoms with Gasteiger partial charge in [-0.05, 0) is 18.6 Å². The fraction of sp³-hybridized carbons (Fsp3) is 0.294. The van der Waals surface area contributed by atoms with E-state index in [2.05, 4.69) is 135 Å². The molecule has 206 valence electrons. The molecule has 40 heavy (non-hydrogen) atoms. The Bertz CT molecular complexity index is 1840. The summed E-state index contributed by atoms with van der Waals surface area (Å²) < 4.78 is 12.2. The summed E-state index contributed by atoms with van der Waals surface area (Å²) in [5, 5.41) is 0. The van der Waals surface area contributed by atoms with Crippen molar-refractivity contribution in [2.75, 3.05) is 11.4 Å². The molecule has 3 aromatic carbocycles. The van der Waals surface area contributed by atoms with E-state index < -0.39 is 0 Å². The third kappa shape index (κ3) is 4.36. The van der Waals surface area contributed by atoms with Crippen LogP contribution in [0.25, 0.3) is 16.7 Å². The van der Waals surface area contributed by atoms with Crippen LogP contribution in [0.4, 0.5) is 11.5 Å². The number of aromatic nitrogens is 3. The number of nitrogens with zero attached hydrogens (tertiary/aromatic N) is 4. The third-order valence-corrected chi connectivity index (χ3v) is 9.45. The molecule has 0 amide bonds. The van der Waals surface area contributed by atoms with Crippen molar-refractivity contribution in [1.29, 1.82) is 0 Å². The molecule has 3 heterocycles. The zero-order valence-electron chi connectivity index (χ0n) is 23.4. The van der Waals surface area contributed by atoms with Crippen LogP contribution in [0.1, 0.15) is 49.8 Å². The van der Waals surface area contributed by atoms with Gasteiger partial charge in [0.2, 0.25) is 0 Å². The molecule has 2 aliphatic rings. The van der Waals surface area contributed by atoms with Gasteiger partial charge in [0.05, 0.1) is 0 Å². The molecule has 1 aliphatic heterocycles. The molecule has 0 saturated heterocycles. The molecule has 5 aromatic rings. The van der Waals surface area contributed by atoms with Gasteiger partial charge in [0.25, 0.3) is 0 Å². The van der Waals surface area contributed by atoms with Crippen LogP contribution in [0.5, 0.6) is 11.5 Å². The first kappa shape index (κ1) is 25.5. The monoisotopic (exact) mass is 707 g/mol. The van der Waals surface area contributed by atoms with Gasteiger partial charge in [0.15, 0.2) is 0 Å². The standard InChI is InChI=1S/C34H32N4O.Pt/c1-22-12-13-35-33(14-22)37-20-23-15-29(23)28-11-10-26(19-32(28)37)39-27-17-24(34(2,3)4)16-25(18-27)38-21-36(5)30-8-6-7-9-31(30)38;/h6-14,16-17,23,29H,15,20H2,1-5H3;/q-2;. The normalized spacial score (nSPS) is 18.0. The van der Waals surface area contributed by atoms with E-state index in [1.54, 1.807) is 0 Å². The van der Waals surface area contributed by atoms with Crippen LogP contribution in [0.3, 0.4) is 0 Å². The topological polar surface area (TPSA) is 35.2 Å². The molecular weight excluding hydrogens is 675 g/mol. The van der Waals surface area contributed by atoms with Gasteiger partial charge in [-0.15, -0.1) is 0 Å². The van der Waals surface area contributed by atoms with Crippen LogP contribution in [-0.2, 0) is 31.8 Å². The van der Waals surface area contributed by atoms with Gasteiger partial charge in [-0.2, -0.15) is 0 Å². The zero-order valence-corrected chi connectivity index (χ0v) is 25.7. The first-order valence-electron chi connectivity index (χ1n) is 13.8. The molecule has 0 radical (unpaired) electrons. The van der Waals surface area contributed by atoms with E-state index >= 15 is 0 Å². The number of rotatable bonds is 4. The Morgan fingerprint density at radius 2 is 1.77 bits per heavy atom. The summed E-state index contributed by atoms with van der Waals surface area (Å²) in [6, 6.07) is 28.5. The Kier molecular flexibility index (Phi) is 5.94. The first-order valence-corrected chi connectivity index (χ1v) is 15.0. The molecule has 1 saturated carbocycles. The number of para-hydroxylation sites is 2. The van der Waals surface area contributed by atoms with Gasteiger partial charge < -0.3 is 0 Å². The van der Waals surface area contributed by atoms with Gasteiger partial charge in [0.1, 0.15) is 0 Å². The number of anilines is 2. The summed E-state index contributed by atoms with van der Waals surface area (Å²) in [5.74, 6) is 3.67. The molecule has 6 heteroatoms. The number of aryl methyl sites for hydroxylation is 2. The van der Waals surface area contributed by atoms with Crippen molar-refractivity contribution in [2.45, 2.75) is 45.4 Å². The molecule has 5 nitrogen and oxygen atoms in total. The second-order valence-corrected chi connectivity index (χ2v) is 13.1. The number of hydrogen-bond acceptors (Lipinski definition) is 3. The second kappa shape index (κ2) is 9.31. The van der Waals surface area contributed by atoms with Gasteiger partial charge in [-0.25, -0.2) is 0 Å². The molecule has 2 aromatic heterocycles. The van der Waals surface area contributed by atoms with Gasteiger partial charge in [-0.1, -0.05) is 0 Å². The Morgan fingerprint density at radius 1 is 0.975 bits per heavy atom. The van der Waals surface area contributed by atoms with E-state index in [0.29, 0.717) is 23.3 Å². The molecule has 1 fully saturated rings. The maximum atomic E-state index is 6.58. The van der Waals surface area contributed by atoms with Crippen molar-refractivity contribution >= 4 is 22.5 Å². The zero-order chi connectivity index (χ0) is 27.8. The predicted molar refractivity (Wildman–Crippen MR) is 155 cm³/mol. The molecule has 2 unspecified atom stereocenters.